The molecule has 0 heterocycles. The van der Waals surface area contributed by atoms with E-state index < -0.39 is 0 Å². The minimum absolute atomic E-state index is 0.312. The zero-order chi connectivity index (χ0) is 15.9. The number of carbonyl (C=O) groups excluding carboxylic acids is 1. The molecule has 0 radical (unpaired) electrons. The van der Waals surface area contributed by atoms with Gasteiger partial charge in [-0.05, 0) is 36.4 Å². The molecule has 0 atom stereocenters. The standard InChI is InChI=1S/C16H17ClN2O3/c1-21-14-6-7-15(22-2)11(8-14)10-18-16(20)19-13-5-3-4-12(17)9-13/h3-9H,10H2,1-2H3,(H2,18,19,20). The van der Waals surface area contributed by atoms with Gasteiger partial charge in [0.1, 0.15) is 11.5 Å². The van der Waals surface area contributed by atoms with E-state index in [4.69, 9.17) is 21.1 Å². The van der Waals surface area contributed by atoms with Gasteiger partial charge in [-0.1, -0.05) is 17.7 Å². The number of rotatable bonds is 5. The summed E-state index contributed by atoms with van der Waals surface area (Å²) in [4.78, 5) is 11.9. The third-order valence-corrected chi connectivity index (χ3v) is 3.24. The lowest BCUT2D eigenvalue weighted by Gasteiger charge is -2.12. The van der Waals surface area contributed by atoms with Crippen molar-refractivity contribution in [1.82, 2.24) is 5.32 Å². The van der Waals surface area contributed by atoms with Crippen molar-refractivity contribution in [3.8, 4) is 11.5 Å². The van der Waals surface area contributed by atoms with Gasteiger partial charge in [0.2, 0.25) is 0 Å². The molecule has 2 aromatic rings. The average Bonchev–Trinajstić information content (AvgIpc) is 2.52. The predicted molar refractivity (Wildman–Crippen MR) is 86.9 cm³/mol. The number of ether oxygens (including phenoxy) is 2. The lowest BCUT2D eigenvalue weighted by Crippen LogP contribution is -2.28. The second kappa shape index (κ2) is 7.56. The van der Waals surface area contributed by atoms with Gasteiger partial charge >= 0.3 is 6.03 Å². The van der Waals surface area contributed by atoms with E-state index in [0.717, 1.165) is 5.56 Å². The highest BCUT2D eigenvalue weighted by atomic mass is 35.5. The highest BCUT2D eigenvalue weighted by Gasteiger charge is 2.07. The van der Waals surface area contributed by atoms with Gasteiger partial charge in [-0.3, -0.25) is 0 Å². The summed E-state index contributed by atoms with van der Waals surface area (Å²) in [6.45, 7) is 0.312. The summed E-state index contributed by atoms with van der Waals surface area (Å²) >= 11 is 5.87. The number of carbonyl (C=O) groups is 1. The van der Waals surface area contributed by atoms with Gasteiger partial charge in [0.25, 0.3) is 0 Å². The van der Waals surface area contributed by atoms with Gasteiger partial charge in [-0.25, -0.2) is 4.79 Å². The lowest BCUT2D eigenvalue weighted by atomic mass is 10.2. The van der Waals surface area contributed by atoms with Crippen molar-refractivity contribution < 1.29 is 14.3 Å². The average molecular weight is 321 g/mol. The number of amides is 2. The van der Waals surface area contributed by atoms with Gasteiger partial charge in [0.05, 0.1) is 14.2 Å². The van der Waals surface area contributed by atoms with Crippen LogP contribution in [0.5, 0.6) is 11.5 Å². The van der Waals surface area contributed by atoms with E-state index >= 15 is 0 Å². The van der Waals surface area contributed by atoms with Gasteiger partial charge in [0, 0.05) is 22.8 Å². The second-order valence-electron chi connectivity index (χ2n) is 4.50. The van der Waals surface area contributed by atoms with Crippen molar-refractivity contribution in [2.45, 2.75) is 6.54 Å². The van der Waals surface area contributed by atoms with Crippen LogP contribution in [-0.2, 0) is 6.54 Å². The van der Waals surface area contributed by atoms with Crippen molar-refractivity contribution in [3.05, 3.63) is 53.1 Å². The van der Waals surface area contributed by atoms with Crippen molar-refractivity contribution >= 4 is 23.3 Å². The van der Waals surface area contributed by atoms with E-state index in [9.17, 15) is 4.79 Å². The molecule has 0 bridgehead atoms. The number of hydrogen-bond acceptors (Lipinski definition) is 3. The topological polar surface area (TPSA) is 59.6 Å². The maximum atomic E-state index is 11.9. The van der Waals surface area contributed by atoms with Crippen LogP contribution < -0.4 is 20.1 Å². The normalized spacial score (nSPS) is 9.95. The molecule has 0 aliphatic rings. The molecular weight excluding hydrogens is 304 g/mol. The van der Waals surface area contributed by atoms with Gasteiger partial charge in [0.15, 0.2) is 0 Å². The lowest BCUT2D eigenvalue weighted by molar-refractivity contribution is 0.251. The second-order valence-corrected chi connectivity index (χ2v) is 4.93. The minimum Gasteiger partial charge on any atom is -0.497 e. The quantitative estimate of drug-likeness (QED) is 0.883. The van der Waals surface area contributed by atoms with E-state index in [-0.39, 0.29) is 6.03 Å². The van der Waals surface area contributed by atoms with Gasteiger partial charge in [-0.15, -0.1) is 0 Å². The van der Waals surface area contributed by atoms with Gasteiger partial charge < -0.3 is 20.1 Å². The minimum atomic E-state index is -0.327. The van der Waals surface area contributed by atoms with E-state index in [2.05, 4.69) is 10.6 Å². The first-order chi connectivity index (χ1) is 10.6. The SMILES string of the molecule is COc1ccc(OC)c(CNC(=O)Nc2cccc(Cl)c2)c1. The molecule has 0 fully saturated rings. The van der Waals surface area contributed by atoms with Crippen LogP contribution in [0, 0.1) is 0 Å². The Morgan fingerprint density at radius 2 is 1.95 bits per heavy atom. The Balaban J connectivity index is 1.98. The predicted octanol–water partition coefficient (Wildman–Crippen LogP) is 3.68. The molecule has 116 valence electrons. The van der Waals surface area contributed by atoms with Crippen LogP contribution in [0.15, 0.2) is 42.5 Å². The Hall–Kier alpha value is -2.40. The molecule has 0 saturated heterocycles. The Morgan fingerprint density at radius 1 is 1.14 bits per heavy atom. The largest absolute Gasteiger partial charge is 0.497 e. The number of methoxy groups -OCH3 is 2. The molecule has 5 nitrogen and oxygen atoms in total. The van der Waals surface area contributed by atoms with E-state index in [1.807, 2.05) is 6.07 Å². The van der Waals surface area contributed by atoms with E-state index in [1.165, 1.54) is 0 Å². The summed E-state index contributed by atoms with van der Waals surface area (Å²) in [6.07, 6.45) is 0. The Labute approximate surface area is 134 Å². The molecular formula is C16H17ClN2O3. The number of benzene rings is 2. The number of anilines is 1. The Kier molecular flexibility index (Phi) is 5.49. The van der Waals surface area contributed by atoms with Crippen molar-refractivity contribution in [2.24, 2.45) is 0 Å². The first-order valence-corrected chi connectivity index (χ1v) is 7.01. The monoisotopic (exact) mass is 320 g/mol. The van der Waals surface area contributed by atoms with Crippen LogP contribution in [0.4, 0.5) is 10.5 Å². The molecule has 2 amide bonds. The number of halogens is 1. The fraction of sp³-hybridized carbons (Fsp3) is 0.188. The molecule has 2 aromatic carbocycles. The molecule has 22 heavy (non-hydrogen) atoms. The highest BCUT2D eigenvalue weighted by Crippen LogP contribution is 2.23. The van der Waals surface area contributed by atoms with Crippen LogP contribution in [0.25, 0.3) is 0 Å². The number of hydrogen-bond donors (Lipinski definition) is 2. The first-order valence-electron chi connectivity index (χ1n) is 6.63. The van der Waals surface area contributed by atoms with Crippen LogP contribution in [0.2, 0.25) is 5.02 Å². The Morgan fingerprint density at radius 3 is 2.64 bits per heavy atom. The van der Waals surface area contributed by atoms with Crippen LogP contribution in [0.3, 0.4) is 0 Å². The Bertz CT molecular complexity index is 662. The summed E-state index contributed by atoms with van der Waals surface area (Å²) in [6, 6.07) is 12.0. The zero-order valence-corrected chi connectivity index (χ0v) is 13.1. The molecule has 0 saturated carbocycles. The molecule has 2 rings (SSSR count). The maximum absolute atomic E-state index is 11.9. The zero-order valence-electron chi connectivity index (χ0n) is 12.4. The van der Waals surface area contributed by atoms with E-state index in [0.29, 0.717) is 28.8 Å². The fourth-order valence-electron chi connectivity index (χ4n) is 1.94. The number of nitrogens with one attached hydrogen (secondary N) is 2. The third kappa shape index (κ3) is 4.30. The summed E-state index contributed by atoms with van der Waals surface area (Å²) in [5.74, 6) is 1.39. The molecule has 0 spiro atoms. The van der Waals surface area contributed by atoms with E-state index in [1.54, 1.807) is 50.6 Å². The molecule has 0 unspecified atom stereocenters. The van der Waals surface area contributed by atoms with Crippen molar-refractivity contribution in [1.29, 1.82) is 0 Å². The highest BCUT2D eigenvalue weighted by molar-refractivity contribution is 6.30. The van der Waals surface area contributed by atoms with Crippen LogP contribution >= 0.6 is 11.6 Å². The summed E-state index contributed by atoms with van der Waals surface area (Å²) in [5, 5.41) is 6.04. The molecule has 0 aliphatic heterocycles. The summed E-state index contributed by atoms with van der Waals surface area (Å²) in [7, 11) is 3.17. The van der Waals surface area contributed by atoms with Crippen molar-refractivity contribution in [2.75, 3.05) is 19.5 Å². The molecule has 0 aliphatic carbocycles. The molecule has 0 aromatic heterocycles. The molecule has 6 heteroatoms. The van der Waals surface area contributed by atoms with Gasteiger partial charge in [-0.2, -0.15) is 0 Å². The van der Waals surface area contributed by atoms with Crippen LogP contribution in [-0.4, -0.2) is 20.3 Å². The first kappa shape index (κ1) is 16.0. The number of urea groups is 1. The molecule has 2 N–H and O–H groups in total. The fourth-order valence-corrected chi connectivity index (χ4v) is 2.13. The maximum Gasteiger partial charge on any atom is 0.319 e. The third-order valence-electron chi connectivity index (χ3n) is 3.01. The van der Waals surface area contributed by atoms with Crippen LogP contribution in [0.1, 0.15) is 5.56 Å². The smallest absolute Gasteiger partial charge is 0.319 e. The van der Waals surface area contributed by atoms with Crippen molar-refractivity contribution in [3.63, 3.8) is 0 Å². The summed E-state index contributed by atoms with van der Waals surface area (Å²) < 4.78 is 10.4. The summed E-state index contributed by atoms with van der Waals surface area (Å²) in [5.41, 5.74) is 1.45.